The molecule has 1 aliphatic heterocycles. The number of methoxy groups -OCH3 is 1. The Labute approximate surface area is 152 Å². The molecule has 0 bridgehead atoms. The number of amides is 1. The maximum atomic E-state index is 13.1. The van der Waals surface area contributed by atoms with E-state index in [1.807, 2.05) is 47.4 Å². The van der Waals surface area contributed by atoms with Gasteiger partial charge in [-0.25, -0.2) is 4.68 Å². The molecule has 0 aliphatic carbocycles. The Balaban J connectivity index is 1.58. The van der Waals surface area contributed by atoms with Gasteiger partial charge < -0.3 is 9.64 Å². The van der Waals surface area contributed by atoms with Gasteiger partial charge in [-0.1, -0.05) is 35.5 Å². The highest BCUT2D eigenvalue weighted by atomic mass is 16.5. The highest BCUT2D eigenvalue weighted by Crippen LogP contribution is 2.34. The molecular weight excluding hydrogens is 328 g/mol. The second kappa shape index (κ2) is 7.00. The zero-order valence-electron chi connectivity index (χ0n) is 14.6. The highest BCUT2D eigenvalue weighted by Gasteiger charge is 2.30. The van der Waals surface area contributed by atoms with E-state index in [0.29, 0.717) is 12.1 Å². The van der Waals surface area contributed by atoms with Crippen molar-refractivity contribution in [3.8, 4) is 11.4 Å². The molecule has 1 atom stereocenters. The number of hydrogen-bond donors (Lipinski definition) is 0. The summed E-state index contributed by atoms with van der Waals surface area (Å²) in [7, 11) is 1.69. The summed E-state index contributed by atoms with van der Waals surface area (Å²) in [5.74, 6) is 1.19. The molecule has 2 heterocycles. The van der Waals surface area contributed by atoms with Crippen LogP contribution in [0.3, 0.4) is 0 Å². The summed E-state index contributed by atoms with van der Waals surface area (Å²) in [5, 5.41) is 7.86. The Kier molecular flexibility index (Phi) is 4.39. The van der Waals surface area contributed by atoms with E-state index in [2.05, 4.69) is 16.4 Å². The lowest BCUT2D eigenvalue weighted by molar-refractivity contribution is 0.0790. The van der Waals surface area contributed by atoms with Crippen LogP contribution in [0.4, 0.5) is 0 Å². The lowest BCUT2D eigenvalue weighted by atomic mass is 9.97. The van der Waals surface area contributed by atoms with Gasteiger partial charge in [-0.05, 0) is 30.2 Å². The minimum absolute atomic E-state index is 0.0218. The smallest absolute Gasteiger partial charge is 0.256 e. The molecule has 3 aromatic rings. The summed E-state index contributed by atoms with van der Waals surface area (Å²) in [6.07, 6.45) is 4.28. The zero-order valence-corrected chi connectivity index (χ0v) is 14.6. The van der Waals surface area contributed by atoms with Crippen LogP contribution in [0.5, 0.6) is 5.75 Å². The van der Waals surface area contributed by atoms with E-state index in [0.717, 1.165) is 30.0 Å². The number of ether oxygens (including phenoxy) is 1. The van der Waals surface area contributed by atoms with E-state index in [9.17, 15) is 4.79 Å². The Bertz CT molecular complexity index is 908. The van der Waals surface area contributed by atoms with Crippen molar-refractivity contribution in [2.45, 2.75) is 12.3 Å². The van der Waals surface area contributed by atoms with Crippen molar-refractivity contribution in [1.29, 1.82) is 0 Å². The second-order valence-corrected chi connectivity index (χ2v) is 6.34. The standard InChI is InChI=1S/C20H20N4O2/c1-26-19-9-5-3-6-16(19)15-10-12-23(14-15)20(25)17-7-2-4-8-18(17)24-13-11-21-22-24/h2-9,11,13,15H,10,12,14H2,1H3. The third-order valence-electron chi connectivity index (χ3n) is 4.86. The van der Waals surface area contributed by atoms with Crippen LogP contribution >= 0.6 is 0 Å². The number of benzene rings is 2. The third-order valence-corrected chi connectivity index (χ3v) is 4.86. The summed E-state index contributed by atoms with van der Waals surface area (Å²) < 4.78 is 7.11. The van der Waals surface area contributed by atoms with Crippen LogP contribution in [0.15, 0.2) is 60.9 Å². The largest absolute Gasteiger partial charge is 0.496 e. The van der Waals surface area contributed by atoms with Gasteiger partial charge in [-0.3, -0.25) is 4.79 Å². The van der Waals surface area contributed by atoms with E-state index < -0.39 is 0 Å². The molecule has 6 nitrogen and oxygen atoms in total. The maximum absolute atomic E-state index is 13.1. The first kappa shape index (κ1) is 16.3. The molecule has 0 radical (unpaired) electrons. The van der Waals surface area contributed by atoms with E-state index in [4.69, 9.17) is 4.74 Å². The number of hydrogen-bond acceptors (Lipinski definition) is 4. The van der Waals surface area contributed by atoms with E-state index in [1.165, 1.54) is 0 Å². The van der Waals surface area contributed by atoms with Crippen molar-refractivity contribution in [3.05, 3.63) is 72.1 Å². The predicted octanol–water partition coefficient (Wildman–Crippen LogP) is 2.91. The molecule has 1 amide bonds. The average Bonchev–Trinajstić information content (AvgIpc) is 3.39. The minimum Gasteiger partial charge on any atom is -0.496 e. The third kappa shape index (κ3) is 2.94. The SMILES string of the molecule is COc1ccccc1C1CCN(C(=O)c2ccccc2-n2ccnn2)C1. The number of aromatic nitrogens is 3. The van der Waals surface area contributed by atoms with Crippen LogP contribution < -0.4 is 4.74 Å². The predicted molar refractivity (Wildman–Crippen MR) is 97.6 cm³/mol. The lowest BCUT2D eigenvalue weighted by Crippen LogP contribution is -2.29. The molecule has 1 aliphatic rings. The molecule has 2 aromatic carbocycles. The quantitative estimate of drug-likeness (QED) is 0.727. The molecule has 1 aromatic heterocycles. The molecule has 1 fully saturated rings. The summed E-state index contributed by atoms with van der Waals surface area (Å²) in [6.45, 7) is 1.41. The number of carbonyl (C=O) groups is 1. The maximum Gasteiger partial charge on any atom is 0.256 e. The van der Waals surface area contributed by atoms with Gasteiger partial charge in [0.25, 0.3) is 5.91 Å². The first-order valence-corrected chi connectivity index (χ1v) is 8.66. The fraction of sp³-hybridized carbons (Fsp3) is 0.250. The van der Waals surface area contributed by atoms with Crippen molar-refractivity contribution in [1.82, 2.24) is 19.9 Å². The molecule has 6 heteroatoms. The normalized spacial score (nSPS) is 16.7. The fourth-order valence-corrected chi connectivity index (χ4v) is 3.56. The van der Waals surface area contributed by atoms with Gasteiger partial charge >= 0.3 is 0 Å². The zero-order chi connectivity index (χ0) is 17.9. The van der Waals surface area contributed by atoms with Crippen molar-refractivity contribution in [2.24, 2.45) is 0 Å². The molecule has 132 valence electrons. The van der Waals surface area contributed by atoms with Crippen LogP contribution in [0.25, 0.3) is 5.69 Å². The van der Waals surface area contributed by atoms with Crippen LogP contribution in [-0.4, -0.2) is 46.0 Å². The average molecular weight is 348 g/mol. The van der Waals surface area contributed by atoms with E-state index in [-0.39, 0.29) is 11.8 Å². The van der Waals surface area contributed by atoms with Gasteiger partial charge in [0.05, 0.1) is 30.8 Å². The van der Waals surface area contributed by atoms with Gasteiger partial charge in [0.2, 0.25) is 0 Å². The molecular formula is C20H20N4O2. The van der Waals surface area contributed by atoms with Crippen molar-refractivity contribution < 1.29 is 9.53 Å². The van der Waals surface area contributed by atoms with Crippen molar-refractivity contribution in [3.63, 3.8) is 0 Å². The number of nitrogens with zero attached hydrogens (tertiary/aromatic N) is 4. The summed E-state index contributed by atoms with van der Waals surface area (Å²) in [4.78, 5) is 15.0. The molecule has 26 heavy (non-hydrogen) atoms. The lowest BCUT2D eigenvalue weighted by Gasteiger charge is -2.19. The first-order chi connectivity index (χ1) is 12.8. The van der Waals surface area contributed by atoms with Gasteiger partial charge in [0, 0.05) is 19.0 Å². The molecule has 0 N–H and O–H groups in total. The van der Waals surface area contributed by atoms with E-state index in [1.54, 1.807) is 24.2 Å². The summed E-state index contributed by atoms with van der Waals surface area (Å²) in [5.41, 5.74) is 2.55. The number of rotatable bonds is 4. The first-order valence-electron chi connectivity index (χ1n) is 8.66. The van der Waals surface area contributed by atoms with Crippen molar-refractivity contribution in [2.75, 3.05) is 20.2 Å². The number of likely N-dealkylation sites (tertiary alicyclic amines) is 1. The van der Waals surface area contributed by atoms with Gasteiger partial charge in [0.15, 0.2) is 0 Å². The molecule has 1 unspecified atom stereocenters. The Morgan fingerprint density at radius 3 is 2.77 bits per heavy atom. The van der Waals surface area contributed by atoms with Gasteiger partial charge in [-0.2, -0.15) is 0 Å². The Morgan fingerprint density at radius 2 is 1.96 bits per heavy atom. The molecule has 4 rings (SSSR count). The fourth-order valence-electron chi connectivity index (χ4n) is 3.56. The Hall–Kier alpha value is -3.15. The summed E-state index contributed by atoms with van der Waals surface area (Å²) >= 11 is 0. The van der Waals surface area contributed by atoms with Crippen LogP contribution in [-0.2, 0) is 0 Å². The van der Waals surface area contributed by atoms with Crippen LogP contribution in [0, 0.1) is 0 Å². The second-order valence-electron chi connectivity index (χ2n) is 6.34. The minimum atomic E-state index is 0.0218. The monoisotopic (exact) mass is 348 g/mol. The molecule has 0 spiro atoms. The van der Waals surface area contributed by atoms with Crippen LogP contribution in [0.2, 0.25) is 0 Å². The summed E-state index contributed by atoms with van der Waals surface area (Å²) in [6, 6.07) is 15.5. The number of para-hydroxylation sites is 2. The molecule has 0 saturated carbocycles. The number of carbonyl (C=O) groups excluding carboxylic acids is 1. The Morgan fingerprint density at radius 1 is 1.15 bits per heavy atom. The molecule has 1 saturated heterocycles. The van der Waals surface area contributed by atoms with Crippen LogP contribution in [0.1, 0.15) is 28.3 Å². The highest BCUT2D eigenvalue weighted by molar-refractivity contribution is 5.98. The van der Waals surface area contributed by atoms with Gasteiger partial charge in [0.1, 0.15) is 5.75 Å². The van der Waals surface area contributed by atoms with Gasteiger partial charge in [-0.15, -0.1) is 5.10 Å². The van der Waals surface area contributed by atoms with Crippen molar-refractivity contribution >= 4 is 5.91 Å². The van der Waals surface area contributed by atoms with E-state index >= 15 is 0 Å². The topological polar surface area (TPSA) is 60.2 Å².